The number of hydrogen-bond donors (Lipinski definition) is 2. The number of hydrogen-bond acceptors (Lipinski definition) is 3. The highest BCUT2D eigenvalue weighted by atomic mass is 16.5. The van der Waals surface area contributed by atoms with E-state index in [0.717, 1.165) is 40.7 Å². The molecule has 0 fully saturated rings. The Morgan fingerprint density at radius 2 is 2.29 bits per heavy atom. The highest BCUT2D eigenvalue weighted by molar-refractivity contribution is 5.54. The number of ether oxygens (including phenoxy) is 1. The molecule has 3 heteroatoms. The fourth-order valence-electron chi connectivity index (χ4n) is 3.31. The van der Waals surface area contributed by atoms with Gasteiger partial charge >= 0.3 is 0 Å². The molecule has 0 spiro atoms. The van der Waals surface area contributed by atoms with Crippen molar-refractivity contribution in [1.29, 1.82) is 5.41 Å². The van der Waals surface area contributed by atoms with E-state index in [1.807, 2.05) is 12.1 Å². The molecule has 21 heavy (non-hydrogen) atoms. The first-order valence-electron chi connectivity index (χ1n) is 7.51. The Kier molecular flexibility index (Phi) is 4.04. The second kappa shape index (κ2) is 5.96. The van der Waals surface area contributed by atoms with Gasteiger partial charge in [-0.1, -0.05) is 30.4 Å². The Balaban J connectivity index is 2.06. The molecule has 3 rings (SSSR count). The van der Waals surface area contributed by atoms with E-state index in [-0.39, 0.29) is 6.10 Å². The van der Waals surface area contributed by atoms with Crippen molar-refractivity contribution in [2.45, 2.75) is 38.4 Å². The summed E-state index contributed by atoms with van der Waals surface area (Å²) in [5, 5.41) is 17.8. The van der Waals surface area contributed by atoms with Gasteiger partial charge < -0.3 is 15.3 Å². The molecule has 1 aromatic carbocycles. The molecule has 110 valence electrons. The van der Waals surface area contributed by atoms with Crippen LogP contribution in [0.25, 0.3) is 0 Å². The smallest absolute Gasteiger partial charge is 0.108 e. The van der Waals surface area contributed by atoms with E-state index in [1.54, 1.807) is 0 Å². The number of benzene rings is 1. The van der Waals surface area contributed by atoms with Gasteiger partial charge in [0.25, 0.3) is 0 Å². The molecule has 0 aliphatic heterocycles. The number of aliphatic hydroxyl groups is 1. The SMILES string of the molecule is Cc1cccc2c1C(OCCC=N)C1=C(CCC=C1)C2O. The fraction of sp³-hybridized carbons (Fsp3) is 0.389. The molecular weight excluding hydrogens is 262 g/mol. The maximum atomic E-state index is 10.7. The summed E-state index contributed by atoms with van der Waals surface area (Å²) in [4.78, 5) is 0. The number of nitrogens with one attached hydrogen (secondary N) is 1. The van der Waals surface area contributed by atoms with Gasteiger partial charge in [0.15, 0.2) is 0 Å². The van der Waals surface area contributed by atoms with Gasteiger partial charge in [-0.25, -0.2) is 0 Å². The minimum Gasteiger partial charge on any atom is -0.384 e. The molecule has 0 saturated carbocycles. The first-order valence-corrected chi connectivity index (χ1v) is 7.51. The summed E-state index contributed by atoms with van der Waals surface area (Å²) in [6.45, 7) is 2.60. The van der Waals surface area contributed by atoms with Crippen LogP contribution in [0.15, 0.2) is 41.5 Å². The van der Waals surface area contributed by atoms with Gasteiger partial charge in [-0.05, 0) is 53.8 Å². The Morgan fingerprint density at radius 3 is 3.10 bits per heavy atom. The second-order valence-electron chi connectivity index (χ2n) is 5.65. The lowest BCUT2D eigenvalue weighted by Gasteiger charge is -2.35. The van der Waals surface area contributed by atoms with Crippen LogP contribution >= 0.6 is 0 Å². The zero-order valence-corrected chi connectivity index (χ0v) is 12.3. The molecule has 0 bridgehead atoms. The van der Waals surface area contributed by atoms with Gasteiger partial charge in [-0.3, -0.25) is 0 Å². The molecular formula is C18H21NO2. The van der Waals surface area contributed by atoms with Gasteiger partial charge in [-0.15, -0.1) is 0 Å². The molecule has 0 saturated heterocycles. The number of rotatable bonds is 4. The molecule has 0 radical (unpaired) electrons. The Labute approximate surface area is 125 Å². The van der Waals surface area contributed by atoms with Crippen molar-refractivity contribution in [2.75, 3.05) is 6.61 Å². The summed E-state index contributed by atoms with van der Waals surface area (Å²) >= 11 is 0. The van der Waals surface area contributed by atoms with E-state index in [2.05, 4.69) is 25.1 Å². The third-order valence-corrected chi connectivity index (χ3v) is 4.32. The van der Waals surface area contributed by atoms with Gasteiger partial charge in [0.1, 0.15) is 12.2 Å². The minimum atomic E-state index is -0.512. The van der Waals surface area contributed by atoms with Crippen molar-refractivity contribution in [1.82, 2.24) is 0 Å². The van der Waals surface area contributed by atoms with E-state index in [4.69, 9.17) is 10.1 Å². The predicted molar refractivity (Wildman–Crippen MR) is 83.6 cm³/mol. The Morgan fingerprint density at radius 1 is 1.43 bits per heavy atom. The van der Waals surface area contributed by atoms with Crippen LogP contribution in [0.1, 0.15) is 48.2 Å². The highest BCUT2D eigenvalue weighted by Gasteiger charge is 2.34. The normalized spacial score (nSPS) is 23.7. The van der Waals surface area contributed by atoms with Crippen molar-refractivity contribution < 1.29 is 9.84 Å². The zero-order chi connectivity index (χ0) is 14.8. The van der Waals surface area contributed by atoms with E-state index in [0.29, 0.717) is 13.0 Å². The van der Waals surface area contributed by atoms with Gasteiger partial charge in [0.2, 0.25) is 0 Å². The number of fused-ring (bicyclic) bond motifs is 1. The largest absolute Gasteiger partial charge is 0.384 e. The summed E-state index contributed by atoms with van der Waals surface area (Å²) in [6, 6.07) is 6.06. The molecule has 2 N–H and O–H groups in total. The lowest BCUT2D eigenvalue weighted by molar-refractivity contribution is 0.0741. The molecule has 0 amide bonds. The molecule has 0 aromatic heterocycles. The first kappa shape index (κ1) is 14.2. The molecule has 3 nitrogen and oxygen atoms in total. The van der Waals surface area contributed by atoms with Crippen LogP contribution in [0, 0.1) is 12.3 Å². The number of aliphatic hydroxyl groups excluding tert-OH is 1. The lowest BCUT2D eigenvalue weighted by Crippen LogP contribution is -2.23. The highest BCUT2D eigenvalue weighted by Crippen LogP contribution is 2.46. The van der Waals surface area contributed by atoms with E-state index < -0.39 is 6.10 Å². The summed E-state index contributed by atoms with van der Waals surface area (Å²) in [6.07, 6.45) is 7.50. The summed E-state index contributed by atoms with van der Waals surface area (Å²) in [7, 11) is 0. The van der Waals surface area contributed by atoms with Gasteiger partial charge in [0, 0.05) is 6.42 Å². The molecule has 2 unspecified atom stereocenters. The average molecular weight is 283 g/mol. The topological polar surface area (TPSA) is 53.3 Å². The van der Waals surface area contributed by atoms with Crippen molar-refractivity contribution >= 4 is 6.21 Å². The number of aryl methyl sites for hydroxylation is 1. The molecule has 2 atom stereocenters. The zero-order valence-electron chi connectivity index (χ0n) is 12.3. The van der Waals surface area contributed by atoms with Crippen LogP contribution in [-0.2, 0) is 4.74 Å². The predicted octanol–water partition coefficient (Wildman–Crippen LogP) is 3.79. The van der Waals surface area contributed by atoms with Gasteiger partial charge in [-0.2, -0.15) is 0 Å². The van der Waals surface area contributed by atoms with Crippen LogP contribution in [0.2, 0.25) is 0 Å². The monoisotopic (exact) mass is 283 g/mol. The summed E-state index contributed by atoms with van der Waals surface area (Å²) < 4.78 is 6.08. The minimum absolute atomic E-state index is 0.115. The Bertz CT molecular complexity index is 616. The molecule has 1 aromatic rings. The van der Waals surface area contributed by atoms with Gasteiger partial charge in [0.05, 0.1) is 6.61 Å². The van der Waals surface area contributed by atoms with Crippen molar-refractivity contribution in [3.05, 3.63) is 58.2 Å². The van der Waals surface area contributed by atoms with Crippen LogP contribution in [0.4, 0.5) is 0 Å². The van der Waals surface area contributed by atoms with Crippen molar-refractivity contribution in [3.63, 3.8) is 0 Å². The second-order valence-corrected chi connectivity index (χ2v) is 5.65. The maximum absolute atomic E-state index is 10.7. The Hall–Kier alpha value is -1.71. The first-order chi connectivity index (χ1) is 10.2. The molecule has 2 aliphatic rings. The van der Waals surface area contributed by atoms with E-state index in [9.17, 15) is 5.11 Å². The van der Waals surface area contributed by atoms with Crippen molar-refractivity contribution in [2.24, 2.45) is 0 Å². The summed E-state index contributed by atoms with van der Waals surface area (Å²) in [5.74, 6) is 0. The quantitative estimate of drug-likeness (QED) is 0.652. The maximum Gasteiger partial charge on any atom is 0.108 e. The fourth-order valence-corrected chi connectivity index (χ4v) is 3.31. The van der Waals surface area contributed by atoms with Crippen LogP contribution in [0.3, 0.4) is 0 Å². The number of allylic oxidation sites excluding steroid dienone is 1. The standard InChI is InChI=1S/C18H21NO2/c1-12-6-4-9-15-16(12)18(21-11-5-10-19)14-8-3-2-7-13(14)17(15)20/h3-4,6,8-10,17-20H,2,5,7,11H2,1H3. The van der Waals surface area contributed by atoms with E-state index >= 15 is 0 Å². The van der Waals surface area contributed by atoms with Crippen LogP contribution in [-0.4, -0.2) is 17.9 Å². The molecule has 2 aliphatic carbocycles. The average Bonchev–Trinajstić information content (AvgIpc) is 2.51. The lowest BCUT2D eigenvalue weighted by atomic mass is 9.77. The van der Waals surface area contributed by atoms with Crippen LogP contribution in [0.5, 0.6) is 0 Å². The van der Waals surface area contributed by atoms with Crippen LogP contribution < -0.4 is 0 Å². The summed E-state index contributed by atoms with van der Waals surface area (Å²) in [5.41, 5.74) is 5.43. The van der Waals surface area contributed by atoms with Crippen molar-refractivity contribution in [3.8, 4) is 0 Å². The third-order valence-electron chi connectivity index (χ3n) is 4.32. The molecule has 0 heterocycles. The van der Waals surface area contributed by atoms with E-state index in [1.165, 1.54) is 6.21 Å². The third kappa shape index (κ3) is 2.47.